The van der Waals surface area contributed by atoms with Gasteiger partial charge in [0, 0.05) is 31.4 Å². The van der Waals surface area contributed by atoms with E-state index in [0.717, 1.165) is 70.7 Å². The number of phenolic OH excluding ortho intramolecular Hbond substituents is 1. The second-order valence-electron chi connectivity index (χ2n) is 14.8. The number of hydrogen-bond donors (Lipinski definition) is 3. The van der Waals surface area contributed by atoms with Crippen LogP contribution in [0.1, 0.15) is 86.1 Å². The molecule has 4 aromatic carbocycles. The lowest BCUT2D eigenvalue weighted by Gasteiger charge is -2.30. The fraction of sp³-hybridized carbons (Fsp3) is 0.396. The van der Waals surface area contributed by atoms with E-state index in [1.807, 2.05) is 48.5 Å². The predicted molar refractivity (Wildman–Crippen MR) is 217 cm³/mol. The van der Waals surface area contributed by atoms with Crippen molar-refractivity contribution < 1.29 is 34.3 Å². The highest BCUT2D eigenvalue weighted by Crippen LogP contribution is 2.37. The van der Waals surface area contributed by atoms with E-state index in [1.165, 1.54) is 5.56 Å². The first-order valence-corrected chi connectivity index (χ1v) is 19.8. The molecule has 55 heavy (non-hydrogen) atoms. The fourth-order valence-corrected chi connectivity index (χ4v) is 7.95. The number of methoxy groups -OCH3 is 1. The first kappa shape index (κ1) is 39.5. The Kier molecular flexibility index (Phi) is 13.9. The molecule has 3 atom stereocenters. The molecule has 1 aliphatic carbocycles. The van der Waals surface area contributed by atoms with Gasteiger partial charge in [0.2, 0.25) is 0 Å². The largest absolute Gasteiger partial charge is 0.508 e. The summed E-state index contributed by atoms with van der Waals surface area (Å²) < 4.78 is 18.2. The molecular weight excluding hydrogens is 689 g/mol. The van der Waals surface area contributed by atoms with Crippen LogP contribution >= 0.6 is 0 Å². The van der Waals surface area contributed by atoms with Crippen molar-refractivity contribution in [2.24, 2.45) is 11.8 Å². The molecule has 288 valence electrons. The number of Topliss-reactive ketones (excluding diaryl/α,β-unsaturated/α-hetero) is 1. The third-order valence-electron chi connectivity index (χ3n) is 11.0. The average Bonchev–Trinajstić information content (AvgIpc) is 3.20. The summed E-state index contributed by atoms with van der Waals surface area (Å²) in [4.78, 5) is 13.6. The number of allylic oxidation sites excluding steroid dienone is 3. The topological polar surface area (TPSA) is 105 Å². The number of hydrogen-bond acceptors (Lipinski definition) is 7. The molecule has 7 heteroatoms. The number of phenols is 1. The van der Waals surface area contributed by atoms with Crippen molar-refractivity contribution in [3.05, 3.63) is 124 Å². The summed E-state index contributed by atoms with van der Waals surface area (Å²) in [5, 5.41) is 33.7. The van der Waals surface area contributed by atoms with Crippen LogP contribution in [0.5, 0.6) is 17.2 Å². The SMILES string of the molecule is CCc1cc(O)c2c3ccc(cc13)COc1cc(ccc1OC)CCC(=O)CC(CC1C=C(O)C(CCCO)=CC1CCCCc1ccccc1)OC#CC2. The maximum atomic E-state index is 13.6. The van der Waals surface area contributed by atoms with Gasteiger partial charge in [-0.2, -0.15) is 0 Å². The van der Waals surface area contributed by atoms with Gasteiger partial charge in [0.25, 0.3) is 0 Å². The zero-order chi connectivity index (χ0) is 38.6. The van der Waals surface area contributed by atoms with E-state index in [-0.39, 0.29) is 48.6 Å². The lowest BCUT2D eigenvalue weighted by atomic mass is 9.77. The van der Waals surface area contributed by atoms with Crippen molar-refractivity contribution in [3.8, 4) is 29.3 Å². The van der Waals surface area contributed by atoms with Crippen molar-refractivity contribution in [3.63, 3.8) is 0 Å². The number of aryl methyl sites for hydroxylation is 3. The highest BCUT2D eigenvalue weighted by Gasteiger charge is 2.29. The third kappa shape index (κ3) is 10.5. The molecule has 6 bridgehead atoms. The lowest BCUT2D eigenvalue weighted by molar-refractivity contribution is -0.121. The smallest absolute Gasteiger partial charge is 0.161 e. The summed E-state index contributed by atoms with van der Waals surface area (Å²) in [5.41, 5.74) is 5.92. The molecule has 3 unspecified atom stereocenters. The van der Waals surface area contributed by atoms with E-state index in [0.29, 0.717) is 50.2 Å². The third-order valence-corrected chi connectivity index (χ3v) is 11.0. The molecule has 0 saturated heterocycles. The number of benzene rings is 4. The van der Waals surface area contributed by atoms with Crippen LogP contribution in [-0.4, -0.2) is 40.9 Å². The van der Waals surface area contributed by atoms with Crippen LogP contribution in [-0.2, 0) is 41.8 Å². The molecule has 7 rings (SSSR count). The van der Waals surface area contributed by atoms with Gasteiger partial charge in [0.15, 0.2) is 11.5 Å². The molecule has 0 aromatic heterocycles. The summed E-state index contributed by atoms with van der Waals surface area (Å²) in [5.74, 6) is 4.99. The number of ether oxygens (including phenoxy) is 3. The molecule has 2 aliphatic heterocycles. The van der Waals surface area contributed by atoms with Gasteiger partial charge in [-0.15, -0.1) is 0 Å². The number of fused-ring (bicyclic) bond motifs is 9. The number of rotatable bonds is 12. The second-order valence-corrected chi connectivity index (χ2v) is 14.8. The average molecular weight is 743 g/mol. The molecule has 0 amide bonds. The number of ketones is 1. The van der Waals surface area contributed by atoms with Gasteiger partial charge in [-0.05, 0) is 132 Å². The van der Waals surface area contributed by atoms with Crippen molar-refractivity contribution in [2.45, 2.75) is 96.7 Å². The van der Waals surface area contributed by atoms with Crippen LogP contribution in [0.2, 0.25) is 0 Å². The Morgan fingerprint density at radius 3 is 2.51 bits per heavy atom. The van der Waals surface area contributed by atoms with Crippen LogP contribution in [0.25, 0.3) is 10.8 Å². The molecule has 3 aliphatic rings. The molecule has 0 radical (unpaired) electrons. The van der Waals surface area contributed by atoms with Gasteiger partial charge >= 0.3 is 0 Å². The van der Waals surface area contributed by atoms with Crippen LogP contribution < -0.4 is 9.47 Å². The summed E-state index contributed by atoms with van der Waals surface area (Å²) >= 11 is 0. The van der Waals surface area contributed by atoms with Crippen molar-refractivity contribution in [1.82, 2.24) is 0 Å². The monoisotopic (exact) mass is 742 g/mol. The standard InChI is InChI=1S/C48H54O7/c1-3-36-29-46(52)43-16-10-24-54-41(28-39-30-45(51)38(15-9-23-49)27-37(39)14-8-7-13-33-11-5-4-6-12-33)31-40(50)20-17-34-19-22-47(53-2)48(26-34)55-32-35-18-21-42(43)44(36)25-35/h4-6,11-12,18-19,21-22,25-27,29-30,37,39,41,49,51-52H,3,7-9,13-17,20,23,28,31-32H2,1-2H3. The number of aromatic hydroxyl groups is 1. The minimum atomic E-state index is -0.500. The van der Waals surface area contributed by atoms with Crippen molar-refractivity contribution in [2.75, 3.05) is 13.7 Å². The van der Waals surface area contributed by atoms with E-state index >= 15 is 0 Å². The highest BCUT2D eigenvalue weighted by molar-refractivity contribution is 5.91. The van der Waals surface area contributed by atoms with Gasteiger partial charge in [-0.1, -0.05) is 73.9 Å². The number of aliphatic hydroxyl groups excluding tert-OH is 2. The van der Waals surface area contributed by atoms with E-state index in [2.05, 4.69) is 55.4 Å². The number of unbranched alkanes of at least 4 members (excludes halogenated alkanes) is 1. The van der Waals surface area contributed by atoms with E-state index in [9.17, 15) is 20.1 Å². The molecule has 4 aromatic rings. The van der Waals surface area contributed by atoms with Gasteiger partial charge in [0.05, 0.1) is 7.11 Å². The second kappa shape index (κ2) is 19.4. The zero-order valence-corrected chi connectivity index (χ0v) is 32.2. The van der Waals surface area contributed by atoms with E-state index in [4.69, 9.17) is 14.2 Å². The molecule has 0 fully saturated rings. The zero-order valence-electron chi connectivity index (χ0n) is 32.2. The first-order valence-electron chi connectivity index (χ1n) is 19.8. The van der Waals surface area contributed by atoms with E-state index < -0.39 is 6.10 Å². The summed E-state index contributed by atoms with van der Waals surface area (Å²) in [6, 6.07) is 24.3. The van der Waals surface area contributed by atoms with Crippen LogP contribution in [0, 0.1) is 23.9 Å². The van der Waals surface area contributed by atoms with Gasteiger partial charge in [0.1, 0.15) is 36.1 Å². The summed E-state index contributed by atoms with van der Waals surface area (Å²) in [7, 11) is 1.62. The molecule has 2 heterocycles. The highest BCUT2D eigenvalue weighted by atomic mass is 16.5. The molecule has 3 N–H and O–H groups in total. The van der Waals surface area contributed by atoms with Gasteiger partial charge in [-0.3, -0.25) is 4.79 Å². The van der Waals surface area contributed by atoms with E-state index in [1.54, 1.807) is 7.11 Å². The van der Waals surface area contributed by atoms with Crippen LogP contribution in [0.15, 0.2) is 96.3 Å². The Morgan fingerprint density at radius 2 is 1.71 bits per heavy atom. The Hall–Kier alpha value is -5.19. The first-order chi connectivity index (χ1) is 26.8. The van der Waals surface area contributed by atoms with Crippen LogP contribution in [0.4, 0.5) is 0 Å². The quantitative estimate of drug-likeness (QED) is 0.0981. The van der Waals surface area contributed by atoms with Gasteiger partial charge in [-0.25, -0.2) is 0 Å². The maximum Gasteiger partial charge on any atom is 0.161 e. The number of carbonyl (C=O) groups excluding carboxylic acids is 1. The Morgan fingerprint density at radius 1 is 0.873 bits per heavy atom. The lowest BCUT2D eigenvalue weighted by Crippen LogP contribution is -2.25. The maximum absolute atomic E-state index is 13.6. The fourth-order valence-electron chi connectivity index (χ4n) is 7.95. The Bertz CT molecular complexity index is 2050. The normalized spacial score (nSPS) is 18.9. The van der Waals surface area contributed by atoms with Gasteiger partial charge < -0.3 is 29.5 Å². The summed E-state index contributed by atoms with van der Waals surface area (Å²) in [6.07, 6.45) is 14.3. The molecule has 0 spiro atoms. The molecule has 0 saturated carbocycles. The van der Waals surface area contributed by atoms with Crippen molar-refractivity contribution in [1.29, 1.82) is 0 Å². The Balaban J connectivity index is 1.27. The predicted octanol–water partition coefficient (Wildman–Crippen LogP) is 9.68. The number of aliphatic hydroxyl groups is 2. The summed E-state index contributed by atoms with van der Waals surface area (Å²) in [6.45, 7) is 2.47. The molecule has 7 nitrogen and oxygen atoms in total. The minimum absolute atomic E-state index is 0.0547. The van der Waals surface area contributed by atoms with Crippen LogP contribution in [0.3, 0.4) is 0 Å². The minimum Gasteiger partial charge on any atom is -0.508 e. The Labute approximate surface area is 325 Å². The molecular formula is C48H54O7. The number of carbonyl (C=O) groups is 1. The van der Waals surface area contributed by atoms with Crippen molar-refractivity contribution >= 4 is 16.6 Å².